The van der Waals surface area contributed by atoms with Crippen LogP contribution in [0.4, 0.5) is 4.79 Å². The van der Waals surface area contributed by atoms with Gasteiger partial charge >= 0.3 is 6.03 Å². The number of carbonyl (C=O) groups is 2. The molecule has 134 valence electrons. The maximum atomic E-state index is 12.2. The van der Waals surface area contributed by atoms with Gasteiger partial charge in [-0.25, -0.2) is 4.79 Å². The number of amides is 3. The second kappa shape index (κ2) is 9.98. The molecule has 0 spiro atoms. The Morgan fingerprint density at radius 3 is 2.48 bits per heavy atom. The first kappa shape index (κ1) is 20.0. The topological polar surface area (TPSA) is 64.7 Å². The van der Waals surface area contributed by atoms with Crippen LogP contribution in [-0.4, -0.2) is 68.6 Å². The molecule has 1 atom stereocenters. The number of carbonyl (C=O) groups excluding carboxylic acids is 2. The Morgan fingerprint density at radius 2 is 1.91 bits per heavy atom. The highest BCUT2D eigenvalue weighted by Crippen LogP contribution is 2.18. The predicted molar refractivity (Wildman–Crippen MR) is 93.8 cm³/mol. The second-order valence-electron chi connectivity index (χ2n) is 6.73. The van der Waals surface area contributed by atoms with Gasteiger partial charge in [0.15, 0.2) is 0 Å². The van der Waals surface area contributed by atoms with Crippen LogP contribution < -0.4 is 10.6 Å². The van der Waals surface area contributed by atoms with E-state index in [0.717, 1.165) is 38.9 Å². The number of urea groups is 1. The fourth-order valence-corrected chi connectivity index (χ4v) is 3.33. The zero-order valence-electron chi connectivity index (χ0n) is 14.3. The van der Waals surface area contributed by atoms with Gasteiger partial charge in [-0.1, -0.05) is 0 Å². The Hall–Kier alpha value is -1.01. The van der Waals surface area contributed by atoms with Crippen molar-refractivity contribution in [2.75, 3.05) is 46.8 Å². The zero-order valence-corrected chi connectivity index (χ0v) is 15.2. The van der Waals surface area contributed by atoms with Gasteiger partial charge in [0.05, 0.1) is 0 Å². The highest BCUT2D eigenvalue weighted by atomic mass is 35.5. The summed E-state index contributed by atoms with van der Waals surface area (Å²) in [5.41, 5.74) is 0. The van der Waals surface area contributed by atoms with E-state index in [9.17, 15) is 9.59 Å². The lowest BCUT2D eigenvalue weighted by atomic mass is 9.94. The monoisotopic (exact) mass is 346 g/mol. The minimum absolute atomic E-state index is 0. The van der Waals surface area contributed by atoms with Crippen LogP contribution >= 0.6 is 12.4 Å². The van der Waals surface area contributed by atoms with Gasteiger partial charge in [-0.05, 0) is 51.1 Å². The molecule has 1 unspecified atom stereocenters. The number of piperidine rings is 2. The number of nitrogens with one attached hydrogen (secondary N) is 2. The number of rotatable bonds is 4. The van der Waals surface area contributed by atoms with Crippen LogP contribution in [0.3, 0.4) is 0 Å². The normalized spacial score (nSPS) is 22.2. The van der Waals surface area contributed by atoms with Crippen LogP contribution in [0.15, 0.2) is 0 Å². The Bertz CT molecular complexity index is 378. The largest absolute Gasteiger partial charge is 0.356 e. The van der Waals surface area contributed by atoms with Crippen LogP contribution in [0.2, 0.25) is 0 Å². The number of hydrogen-bond acceptors (Lipinski definition) is 3. The molecule has 0 aromatic carbocycles. The average Bonchev–Trinajstić information content (AvgIpc) is 2.55. The SMILES string of the molecule is CN(C)C(=O)N1CCC(C(=O)NCCC2CCCNC2)CC1.Cl. The summed E-state index contributed by atoms with van der Waals surface area (Å²) in [6.45, 7) is 4.36. The van der Waals surface area contributed by atoms with Crippen molar-refractivity contribution in [1.29, 1.82) is 0 Å². The Morgan fingerprint density at radius 1 is 1.22 bits per heavy atom. The quantitative estimate of drug-likeness (QED) is 0.806. The molecule has 0 radical (unpaired) electrons. The highest BCUT2D eigenvalue weighted by Gasteiger charge is 2.27. The van der Waals surface area contributed by atoms with Crippen molar-refractivity contribution in [3.63, 3.8) is 0 Å². The van der Waals surface area contributed by atoms with E-state index in [-0.39, 0.29) is 30.3 Å². The molecule has 2 aliphatic heterocycles. The van der Waals surface area contributed by atoms with Gasteiger partial charge in [-0.2, -0.15) is 0 Å². The maximum absolute atomic E-state index is 12.2. The Kier molecular flexibility index (Phi) is 8.69. The van der Waals surface area contributed by atoms with Gasteiger partial charge in [0.1, 0.15) is 0 Å². The fourth-order valence-electron chi connectivity index (χ4n) is 3.33. The fraction of sp³-hybridized carbons (Fsp3) is 0.875. The van der Waals surface area contributed by atoms with E-state index in [4.69, 9.17) is 0 Å². The van der Waals surface area contributed by atoms with E-state index in [1.165, 1.54) is 12.8 Å². The summed E-state index contributed by atoms with van der Waals surface area (Å²) in [7, 11) is 3.53. The van der Waals surface area contributed by atoms with Crippen molar-refractivity contribution in [3.8, 4) is 0 Å². The van der Waals surface area contributed by atoms with Gasteiger partial charge in [0, 0.05) is 39.6 Å². The third-order valence-corrected chi connectivity index (χ3v) is 4.77. The summed E-state index contributed by atoms with van der Waals surface area (Å²) < 4.78 is 0. The van der Waals surface area contributed by atoms with Crippen LogP contribution in [0.5, 0.6) is 0 Å². The van der Waals surface area contributed by atoms with Gasteiger partial charge in [0.25, 0.3) is 0 Å². The van der Waals surface area contributed by atoms with Gasteiger partial charge in [-0.3, -0.25) is 4.79 Å². The van der Waals surface area contributed by atoms with Crippen LogP contribution in [0.1, 0.15) is 32.1 Å². The van der Waals surface area contributed by atoms with Crippen molar-refractivity contribution in [2.24, 2.45) is 11.8 Å². The van der Waals surface area contributed by atoms with Gasteiger partial charge in [0.2, 0.25) is 5.91 Å². The number of hydrogen-bond donors (Lipinski definition) is 2. The molecule has 0 aromatic heterocycles. The lowest BCUT2D eigenvalue weighted by molar-refractivity contribution is -0.126. The first-order valence-corrected chi connectivity index (χ1v) is 8.52. The summed E-state index contributed by atoms with van der Waals surface area (Å²) in [6, 6.07) is 0.0451. The average molecular weight is 347 g/mol. The Balaban J connectivity index is 0.00000264. The third kappa shape index (κ3) is 6.18. The number of likely N-dealkylation sites (tertiary alicyclic amines) is 1. The molecule has 0 bridgehead atoms. The third-order valence-electron chi connectivity index (χ3n) is 4.77. The van der Waals surface area contributed by atoms with E-state index in [1.807, 2.05) is 4.90 Å². The summed E-state index contributed by atoms with van der Waals surface area (Å²) in [5.74, 6) is 0.935. The predicted octanol–water partition coefficient (Wildman–Crippen LogP) is 1.31. The molecule has 2 rings (SSSR count). The van der Waals surface area contributed by atoms with E-state index in [1.54, 1.807) is 19.0 Å². The molecule has 2 saturated heterocycles. The van der Waals surface area contributed by atoms with Crippen molar-refractivity contribution in [1.82, 2.24) is 20.4 Å². The molecule has 2 aliphatic rings. The van der Waals surface area contributed by atoms with Crippen molar-refractivity contribution >= 4 is 24.3 Å². The van der Waals surface area contributed by atoms with Crippen molar-refractivity contribution < 1.29 is 9.59 Å². The molecule has 3 amide bonds. The maximum Gasteiger partial charge on any atom is 0.319 e. The molecular weight excluding hydrogens is 316 g/mol. The lowest BCUT2D eigenvalue weighted by Crippen LogP contribution is -2.46. The van der Waals surface area contributed by atoms with Crippen LogP contribution in [0, 0.1) is 11.8 Å². The van der Waals surface area contributed by atoms with Gasteiger partial charge < -0.3 is 20.4 Å². The summed E-state index contributed by atoms with van der Waals surface area (Å²) >= 11 is 0. The first-order chi connectivity index (χ1) is 10.6. The Labute approximate surface area is 145 Å². The zero-order chi connectivity index (χ0) is 15.9. The highest BCUT2D eigenvalue weighted by molar-refractivity contribution is 5.85. The van der Waals surface area contributed by atoms with Crippen molar-refractivity contribution in [2.45, 2.75) is 32.1 Å². The number of nitrogens with zero attached hydrogens (tertiary/aromatic N) is 2. The van der Waals surface area contributed by atoms with Crippen molar-refractivity contribution in [3.05, 3.63) is 0 Å². The lowest BCUT2D eigenvalue weighted by Gasteiger charge is -2.33. The second-order valence-corrected chi connectivity index (χ2v) is 6.73. The van der Waals surface area contributed by atoms with Crippen LogP contribution in [0.25, 0.3) is 0 Å². The van der Waals surface area contributed by atoms with E-state index in [0.29, 0.717) is 19.0 Å². The smallest absolute Gasteiger partial charge is 0.319 e. The molecule has 2 heterocycles. The summed E-state index contributed by atoms with van der Waals surface area (Å²) in [5, 5.41) is 6.49. The van der Waals surface area contributed by atoms with Gasteiger partial charge in [-0.15, -0.1) is 12.4 Å². The molecule has 23 heavy (non-hydrogen) atoms. The van der Waals surface area contributed by atoms with E-state index < -0.39 is 0 Å². The minimum Gasteiger partial charge on any atom is -0.356 e. The van der Waals surface area contributed by atoms with E-state index >= 15 is 0 Å². The molecule has 6 nitrogen and oxygen atoms in total. The molecule has 2 fully saturated rings. The molecule has 7 heteroatoms. The molecule has 0 saturated carbocycles. The minimum atomic E-state index is 0. The summed E-state index contributed by atoms with van der Waals surface area (Å²) in [4.78, 5) is 27.5. The van der Waals surface area contributed by atoms with E-state index in [2.05, 4.69) is 10.6 Å². The molecule has 0 aliphatic carbocycles. The standard InChI is InChI=1S/C16H30N4O2.ClH/c1-19(2)16(22)20-10-6-14(7-11-20)15(21)18-9-5-13-4-3-8-17-12-13;/h13-14,17H,3-12H2,1-2H3,(H,18,21);1H. The molecular formula is C16H31ClN4O2. The van der Waals surface area contributed by atoms with Crippen LogP contribution in [-0.2, 0) is 4.79 Å². The first-order valence-electron chi connectivity index (χ1n) is 8.52. The summed E-state index contributed by atoms with van der Waals surface area (Å²) in [6.07, 6.45) is 5.13. The number of halogens is 1. The molecule has 2 N–H and O–H groups in total. The molecule has 0 aromatic rings.